The van der Waals surface area contributed by atoms with Crippen molar-refractivity contribution >= 4 is 0 Å². The largest absolute Gasteiger partial charge is 0.0776 e. The third kappa shape index (κ3) is 31.3. The molecule has 0 bridgehead atoms. The molecule has 6 unspecified atom stereocenters. The predicted molar refractivity (Wildman–Crippen MR) is 224 cm³/mol. The van der Waals surface area contributed by atoms with Crippen LogP contribution in [0.2, 0.25) is 0 Å². The van der Waals surface area contributed by atoms with Crippen LogP contribution in [-0.2, 0) is 0 Å². The lowest BCUT2D eigenvalue weighted by Crippen LogP contribution is -2.14. The van der Waals surface area contributed by atoms with Gasteiger partial charge in [0.1, 0.15) is 0 Å². The van der Waals surface area contributed by atoms with Crippen molar-refractivity contribution in [3.05, 3.63) is 0 Å². The van der Waals surface area contributed by atoms with Crippen molar-refractivity contribution in [2.45, 2.75) is 250 Å². The lowest BCUT2D eigenvalue weighted by atomic mass is 9.78. The first-order valence-electron chi connectivity index (χ1n) is 18.5. The number of hydrogen-bond donors (Lipinski definition) is 0. The smallest absolute Gasteiger partial charge is 0.0354 e. The maximum atomic E-state index is 2.38. The van der Waals surface area contributed by atoms with Gasteiger partial charge < -0.3 is 0 Å². The Morgan fingerprint density at radius 2 is 0.478 bits per heavy atom. The highest BCUT2D eigenvalue weighted by Gasteiger charge is 2.30. The van der Waals surface area contributed by atoms with Crippen LogP contribution >= 0.6 is 0 Å². The molecule has 0 aliphatic heterocycles. The van der Waals surface area contributed by atoms with Gasteiger partial charge in [0.05, 0.1) is 0 Å². The number of hydrogen-bond acceptors (Lipinski definition) is 0. The average Bonchev–Trinajstić information content (AvgIpc) is 3.62. The molecule has 0 spiro atoms. The molecular formula is C46H104. The molecule has 288 valence electrons. The second-order valence-electron chi connectivity index (χ2n) is 18.1. The van der Waals surface area contributed by atoms with E-state index in [-0.39, 0.29) is 44.6 Å². The molecule has 0 radical (unpaired) electrons. The third-order valence-electron chi connectivity index (χ3n) is 11.8. The first-order valence-corrected chi connectivity index (χ1v) is 18.5. The minimum absolute atomic E-state index is 0. The highest BCUT2D eigenvalue weighted by Crippen LogP contribution is 2.43. The second kappa shape index (κ2) is 28.8. The van der Waals surface area contributed by atoms with Gasteiger partial charge in [-0.2, -0.15) is 0 Å². The Morgan fingerprint density at radius 1 is 0.283 bits per heavy atom. The van der Waals surface area contributed by atoms with Crippen molar-refractivity contribution in [2.24, 2.45) is 51.8 Å². The highest BCUT2D eigenvalue weighted by atomic mass is 14.4. The van der Waals surface area contributed by atoms with Gasteiger partial charge in [0.2, 0.25) is 0 Å². The van der Waals surface area contributed by atoms with Crippen LogP contribution in [0, 0.1) is 51.8 Å². The van der Waals surface area contributed by atoms with E-state index in [4.69, 9.17) is 0 Å². The first kappa shape index (κ1) is 58.2. The van der Waals surface area contributed by atoms with Crippen LogP contribution in [0.5, 0.6) is 0 Å². The normalized spacial score (nSPS) is 31.0. The molecule has 6 atom stereocenters. The minimum Gasteiger partial charge on any atom is -0.0776 e. The predicted octanol–water partition coefficient (Wildman–Crippen LogP) is 18.1. The summed E-state index contributed by atoms with van der Waals surface area (Å²) in [5.74, 6) is 6.14. The molecule has 0 saturated heterocycles. The summed E-state index contributed by atoms with van der Waals surface area (Å²) in [7, 11) is 0. The summed E-state index contributed by atoms with van der Waals surface area (Å²) in [6.45, 7) is 28.1. The lowest BCUT2D eigenvalue weighted by Gasteiger charge is -2.28. The van der Waals surface area contributed by atoms with Crippen molar-refractivity contribution in [1.82, 2.24) is 0 Å². The summed E-state index contributed by atoms with van der Waals surface area (Å²) in [5.41, 5.74) is 2.12. The molecule has 0 aromatic carbocycles. The topological polar surface area (TPSA) is 0 Å². The zero-order valence-electron chi connectivity index (χ0n) is 30.4. The van der Waals surface area contributed by atoms with Crippen LogP contribution < -0.4 is 0 Å². The Kier molecular flexibility index (Phi) is 36.5. The third-order valence-corrected chi connectivity index (χ3v) is 11.8. The van der Waals surface area contributed by atoms with Gasteiger partial charge in [-0.25, -0.2) is 0 Å². The Morgan fingerprint density at radius 3 is 0.587 bits per heavy atom. The fourth-order valence-electron chi connectivity index (χ4n) is 6.43. The Labute approximate surface area is 300 Å². The van der Waals surface area contributed by atoms with Gasteiger partial charge >= 0.3 is 0 Å². The van der Waals surface area contributed by atoms with Crippen molar-refractivity contribution in [2.75, 3.05) is 0 Å². The fraction of sp³-hybridized carbons (Fsp3) is 1.00. The molecule has 46 heavy (non-hydrogen) atoms. The van der Waals surface area contributed by atoms with Crippen molar-refractivity contribution in [1.29, 1.82) is 0 Å². The molecule has 0 N–H and O–H groups in total. The Balaban J connectivity index is -0.000000102. The molecule has 0 nitrogen and oxygen atoms in total. The van der Waals surface area contributed by atoms with Gasteiger partial charge in [0.25, 0.3) is 0 Å². The Hall–Kier alpha value is 0. The van der Waals surface area contributed by atoms with E-state index in [1.807, 2.05) is 0 Å². The van der Waals surface area contributed by atoms with Crippen LogP contribution in [0.25, 0.3) is 0 Å². The summed E-state index contributed by atoms with van der Waals surface area (Å²) < 4.78 is 0. The monoisotopic (exact) mass is 657 g/mol. The molecule has 0 heterocycles. The SMILES string of the molecule is C.C.C.C.C.C.CC1(C)CC1.CC1(C)CCCC1.CC1(C)CCCCC1.CC1CC1C.CC1CCCC1C.CC1CCCCC1C. The second-order valence-corrected chi connectivity index (χ2v) is 18.1. The molecular weight excluding hydrogens is 553 g/mol. The minimum atomic E-state index is 0. The lowest BCUT2D eigenvalue weighted by molar-refractivity contribution is 0.244. The summed E-state index contributed by atoms with van der Waals surface area (Å²) >= 11 is 0. The van der Waals surface area contributed by atoms with E-state index >= 15 is 0 Å². The number of rotatable bonds is 0. The summed E-state index contributed by atoms with van der Waals surface area (Å²) in [6, 6.07) is 0. The maximum absolute atomic E-state index is 2.38. The molecule has 6 aliphatic rings. The van der Waals surface area contributed by atoms with Crippen molar-refractivity contribution < 1.29 is 0 Å². The van der Waals surface area contributed by atoms with Gasteiger partial charge in [0.15, 0.2) is 0 Å². The quantitative estimate of drug-likeness (QED) is 0.243. The van der Waals surface area contributed by atoms with Gasteiger partial charge in [-0.3, -0.25) is 0 Å². The zero-order chi connectivity index (χ0) is 30.4. The van der Waals surface area contributed by atoms with Crippen LogP contribution in [0.15, 0.2) is 0 Å². The van der Waals surface area contributed by atoms with Gasteiger partial charge in [-0.05, 0) is 96.7 Å². The summed E-state index contributed by atoms with van der Waals surface area (Å²) in [5, 5.41) is 0. The molecule has 0 amide bonds. The van der Waals surface area contributed by atoms with E-state index in [0.29, 0.717) is 10.8 Å². The summed E-state index contributed by atoms with van der Waals surface area (Å²) in [4.78, 5) is 0. The zero-order valence-corrected chi connectivity index (χ0v) is 30.4. The maximum Gasteiger partial charge on any atom is -0.0354 e. The van der Waals surface area contributed by atoms with Gasteiger partial charge in [0, 0.05) is 0 Å². The molecule has 6 rings (SSSR count). The molecule has 0 aromatic rings. The van der Waals surface area contributed by atoms with Gasteiger partial charge in [-0.1, -0.05) is 205 Å². The first-order chi connectivity index (χ1) is 18.5. The van der Waals surface area contributed by atoms with E-state index in [0.717, 1.165) is 40.9 Å². The average molecular weight is 657 g/mol. The van der Waals surface area contributed by atoms with E-state index in [9.17, 15) is 0 Å². The standard InChI is InChI=1S/2C8H16.2C7H14.2C5H10.6CH4/c1-8(2)6-4-3-5-7-8;1-7-5-3-4-6-8(7)2;1-7(2)5-3-4-6-7;1-6-4-3-5-7(6)2;1-5(2)3-4-5;1-4-3-5(4)2;;;;;;/h3-7H2,1-2H3;7-8H,3-6H2,1-2H3;3-6H2,1-2H3;6-7H,3-5H2,1-2H3;3-4H2,1-2H3;4-5H,3H2,1-2H3;6*1H4. The molecule has 0 aromatic heterocycles. The van der Waals surface area contributed by atoms with E-state index < -0.39 is 0 Å². The van der Waals surface area contributed by atoms with Gasteiger partial charge in [-0.15, -0.1) is 0 Å². The van der Waals surface area contributed by atoms with Crippen LogP contribution in [-0.4, -0.2) is 0 Å². The molecule has 6 aliphatic carbocycles. The van der Waals surface area contributed by atoms with Crippen LogP contribution in [0.3, 0.4) is 0 Å². The summed E-state index contributed by atoms with van der Waals surface area (Å²) in [6.07, 6.45) is 27.8. The van der Waals surface area contributed by atoms with Crippen molar-refractivity contribution in [3.8, 4) is 0 Å². The van der Waals surface area contributed by atoms with Crippen LogP contribution in [0.4, 0.5) is 0 Å². The van der Waals surface area contributed by atoms with Crippen LogP contribution in [0.1, 0.15) is 250 Å². The van der Waals surface area contributed by atoms with E-state index in [2.05, 4.69) is 83.1 Å². The molecule has 6 saturated carbocycles. The molecule has 0 heteroatoms. The van der Waals surface area contributed by atoms with E-state index in [1.165, 1.54) is 122 Å². The van der Waals surface area contributed by atoms with Crippen molar-refractivity contribution in [3.63, 3.8) is 0 Å². The Bertz CT molecular complexity index is 578. The fourth-order valence-corrected chi connectivity index (χ4v) is 6.43. The highest BCUT2D eigenvalue weighted by molar-refractivity contribution is 4.82. The molecule has 6 fully saturated rings. The van der Waals surface area contributed by atoms with E-state index in [1.54, 1.807) is 0 Å².